The minimum absolute atomic E-state index is 0.670. The summed E-state index contributed by atoms with van der Waals surface area (Å²) in [6.07, 6.45) is 5.00. The molecule has 0 radical (unpaired) electrons. The monoisotopic (exact) mass is 175 g/mol. The van der Waals surface area contributed by atoms with Gasteiger partial charge in [0.2, 0.25) is 0 Å². The van der Waals surface area contributed by atoms with Gasteiger partial charge in [-0.15, -0.1) is 0 Å². The summed E-state index contributed by atoms with van der Waals surface area (Å²) < 4.78 is 5.56. The zero-order valence-corrected chi connectivity index (χ0v) is 7.49. The Morgan fingerprint density at radius 3 is 3.15 bits per heavy atom. The Kier molecular flexibility index (Phi) is 2.32. The molecule has 2 rings (SSSR count). The summed E-state index contributed by atoms with van der Waals surface area (Å²) >= 11 is 0. The van der Waals surface area contributed by atoms with Gasteiger partial charge in [0.05, 0.1) is 0 Å². The summed E-state index contributed by atoms with van der Waals surface area (Å²) in [5.41, 5.74) is 7.90. The smallest absolute Gasteiger partial charge is 0.130 e. The summed E-state index contributed by atoms with van der Waals surface area (Å²) in [6.45, 7) is 1.35. The van der Waals surface area contributed by atoms with E-state index in [1.165, 1.54) is 5.56 Å². The molecule has 0 atom stereocenters. The molecule has 1 aliphatic heterocycles. The van der Waals surface area contributed by atoms with Crippen LogP contribution in [0.3, 0.4) is 0 Å². The summed E-state index contributed by atoms with van der Waals surface area (Å²) in [4.78, 5) is 0. The number of rotatable bonds is 2. The third kappa shape index (κ3) is 1.58. The highest BCUT2D eigenvalue weighted by Crippen LogP contribution is 2.27. The normalized spacial score (nSPS) is 13.6. The van der Waals surface area contributed by atoms with Gasteiger partial charge in [0, 0.05) is 5.56 Å². The van der Waals surface area contributed by atoms with Gasteiger partial charge in [0.25, 0.3) is 0 Å². The Balaban J connectivity index is 2.41. The lowest BCUT2D eigenvalue weighted by Gasteiger charge is -2.15. The number of ether oxygens (including phenoxy) is 1. The van der Waals surface area contributed by atoms with Crippen LogP contribution in [0.4, 0.5) is 0 Å². The minimum atomic E-state index is 0.670. The topological polar surface area (TPSA) is 35.2 Å². The molecule has 0 spiro atoms. The third-order valence-electron chi connectivity index (χ3n) is 2.16. The lowest BCUT2D eigenvalue weighted by atomic mass is 10.0. The van der Waals surface area contributed by atoms with Crippen LogP contribution in [0.2, 0.25) is 0 Å². The van der Waals surface area contributed by atoms with Gasteiger partial charge in [-0.05, 0) is 24.6 Å². The van der Waals surface area contributed by atoms with Gasteiger partial charge < -0.3 is 10.5 Å². The molecule has 1 aromatic carbocycles. The number of fused-ring (bicyclic) bond motifs is 1. The van der Waals surface area contributed by atoms with Crippen LogP contribution in [0, 0.1) is 0 Å². The first-order valence-electron chi connectivity index (χ1n) is 4.53. The fourth-order valence-electron chi connectivity index (χ4n) is 1.57. The SMILES string of the molecule is NCCc1cccc2c1OCC=C2. The van der Waals surface area contributed by atoms with Crippen LogP contribution in [-0.4, -0.2) is 13.2 Å². The highest BCUT2D eigenvalue weighted by atomic mass is 16.5. The van der Waals surface area contributed by atoms with Crippen molar-refractivity contribution >= 4 is 6.08 Å². The van der Waals surface area contributed by atoms with Gasteiger partial charge in [-0.25, -0.2) is 0 Å². The summed E-state index contributed by atoms with van der Waals surface area (Å²) in [5.74, 6) is 1.01. The molecule has 2 heteroatoms. The number of benzene rings is 1. The van der Waals surface area contributed by atoms with E-state index >= 15 is 0 Å². The quantitative estimate of drug-likeness (QED) is 0.740. The molecule has 0 saturated carbocycles. The van der Waals surface area contributed by atoms with Gasteiger partial charge >= 0.3 is 0 Å². The van der Waals surface area contributed by atoms with Gasteiger partial charge in [0.1, 0.15) is 12.4 Å². The van der Waals surface area contributed by atoms with Crippen molar-refractivity contribution in [1.82, 2.24) is 0 Å². The Morgan fingerprint density at radius 1 is 1.38 bits per heavy atom. The van der Waals surface area contributed by atoms with E-state index in [9.17, 15) is 0 Å². The number of hydrogen-bond donors (Lipinski definition) is 1. The lowest BCUT2D eigenvalue weighted by molar-refractivity contribution is 0.354. The summed E-state index contributed by atoms with van der Waals surface area (Å²) in [5, 5.41) is 0. The molecule has 1 aliphatic rings. The van der Waals surface area contributed by atoms with E-state index < -0.39 is 0 Å². The Hall–Kier alpha value is -1.28. The summed E-state index contributed by atoms with van der Waals surface area (Å²) in [7, 11) is 0. The van der Waals surface area contributed by atoms with E-state index in [4.69, 9.17) is 10.5 Å². The van der Waals surface area contributed by atoms with Crippen molar-refractivity contribution in [3.05, 3.63) is 35.4 Å². The Morgan fingerprint density at radius 2 is 2.31 bits per heavy atom. The van der Waals surface area contributed by atoms with Crippen molar-refractivity contribution in [2.24, 2.45) is 5.73 Å². The van der Waals surface area contributed by atoms with E-state index in [0.29, 0.717) is 13.2 Å². The second-order valence-electron chi connectivity index (χ2n) is 3.09. The number of nitrogens with two attached hydrogens (primary N) is 1. The van der Waals surface area contributed by atoms with E-state index in [1.54, 1.807) is 0 Å². The molecule has 0 saturated heterocycles. The molecule has 1 aromatic rings. The average Bonchev–Trinajstić information content (AvgIpc) is 2.19. The van der Waals surface area contributed by atoms with Gasteiger partial charge in [-0.3, -0.25) is 0 Å². The Bertz CT molecular complexity index is 331. The van der Waals surface area contributed by atoms with Crippen LogP contribution in [0.1, 0.15) is 11.1 Å². The van der Waals surface area contributed by atoms with Gasteiger partial charge in [-0.2, -0.15) is 0 Å². The first-order chi connectivity index (χ1) is 6.42. The zero-order chi connectivity index (χ0) is 9.10. The molecule has 0 amide bonds. The van der Waals surface area contributed by atoms with Crippen molar-refractivity contribution in [2.45, 2.75) is 6.42 Å². The lowest BCUT2D eigenvalue weighted by Crippen LogP contribution is -2.08. The number of para-hydroxylation sites is 1. The molecule has 0 aliphatic carbocycles. The molecular weight excluding hydrogens is 162 g/mol. The molecular formula is C11H13NO. The second kappa shape index (κ2) is 3.62. The first-order valence-corrected chi connectivity index (χ1v) is 4.53. The predicted octanol–water partition coefficient (Wildman–Crippen LogP) is 1.59. The fraction of sp³-hybridized carbons (Fsp3) is 0.273. The molecule has 0 fully saturated rings. The van der Waals surface area contributed by atoms with Crippen LogP contribution in [0.25, 0.3) is 6.08 Å². The predicted molar refractivity (Wildman–Crippen MR) is 53.7 cm³/mol. The molecule has 0 bridgehead atoms. The largest absolute Gasteiger partial charge is 0.489 e. The third-order valence-corrected chi connectivity index (χ3v) is 2.16. The average molecular weight is 175 g/mol. The van der Waals surface area contributed by atoms with Crippen LogP contribution >= 0.6 is 0 Å². The van der Waals surface area contributed by atoms with Crippen molar-refractivity contribution in [3.63, 3.8) is 0 Å². The van der Waals surface area contributed by atoms with Crippen molar-refractivity contribution in [1.29, 1.82) is 0 Å². The minimum Gasteiger partial charge on any atom is -0.489 e. The first kappa shape index (κ1) is 8.32. The second-order valence-corrected chi connectivity index (χ2v) is 3.09. The number of hydrogen-bond acceptors (Lipinski definition) is 2. The maximum Gasteiger partial charge on any atom is 0.130 e. The molecule has 2 N–H and O–H groups in total. The molecule has 0 unspecified atom stereocenters. The molecule has 0 aromatic heterocycles. The summed E-state index contributed by atoms with van der Waals surface area (Å²) in [6, 6.07) is 6.18. The van der Waals surface area contributed by atoms with Crippen molar-refractivity contribution in [3.8, 4) is 5.75 Å². The van der Waals surface area contributed by atoms with Crippen molar-refractivity contribution < 1.29 is 4.74 Å². The van der Waals surface area contributed by atoms with Crippen LogP contribution in [0.5, 0.6) is 5.75 Å². The standard InChI is InChI=1S/C11H13NO/c12-7-6-10-4-1-3-9-5-2-8-13-11(9)10/h1-5H,6-8,12H2. The highest BCUT2D eigenvalue weighted by molar-refractivity contribution is 5.61. The van der Waals surface area contributed by atoms with Crippen molar-refractivity contribution in [2.75, 3.05) is 13.2 Å². The van der Waals surface area contributed by atoms with E-state index in [-0.39, 0.29) is 0 Å². The zero-order valence-electron chi connectivity index (χ0n) is 7.49. The molecule has 68 valence electrons. The maximum atomic E-state index is 5.56. The Labute approximate surface area is 78.0 Å². The molecule has 2 nitrogen and oxygen atoms in total. The van der Waals surface area contributed by atoms with Crippen LogP contribution in [-0.2, 0) is 6.42 Å². The fourth-order valence-corrected chi connectivity index (χ4v) is 1.57. The van der Waals surface area contributed by atoms with Crippen LogP contribution < -0.4 is 10.5 Å². The molecule has 13 heavy (non-hydrogen) atoms. The van der Waals surface area contributed by atoms with E-state index in [0.717, 1.165) is 17.7 Å². The maximum absolute atomic E-state index is 5.56. The van der Waals surface area contributed by atoms with Crippen LogP contribution in [0.15, 0.2) is 24.3 Å². The highest BCUT2D eigenvalue weighted by Gasteiger charge is 2.09. The van der Waals surface area contributed by atoms with Gasteiger partial charge in [0.15, 0.2) is 0 Å². The van der Waals surface area contributed by atoms with Gasteiger partial charge in [-0.1, -0.05) is 24.3 Å². The van der Waals surface area contributed by atoms with E-state index in [2.05, 4.69) is 18.2 Å². The van der Waals surface area contributed by atoms with E-state index in [1.807, 2.05) is 12.1 Å². The molecule has 1 heterocycles.